The van der Waals surface area contributed by atoms with Gasteiger partial charge in [-0.3, -0.25) is 4.79 Å². The highest BCUT2D eigenvalue weighted by molar-refractivity contribution is 5.91. The molecule has 7 heteroatoms. The van der Waals surface area contributed by atoms with Crippen molar-refractivity contribution in [2.45, 2.75) is 46.5 Å². The molecule has 0 aliphatic heterocycles. The van der Waals surface area contributed by atoms with Gasteiger partial charge >= 0.3 is 11.9 Å². The molecule has 7 nitrogen and oxygen atoms in total. The van der Waals surface area contributed by atoms with Crippen LogP contribution in [0.4, 0.5) is 0 Å². The second-order valence-corrected chi connectivity index (χ2v) is 8.25. The standard InChI is InChI=1S/C23H24O6.C8H10O.C2H6/c1-2-22(25)28-16-6-4-3-5-15-27-20-13-9-19(10-14-20)23(26)29-21-11-7-18(17-24)8-12-21;1-7-3-5-8(9-2)6-4-7;1-2/h2,7-14,17H,1,3-6,15-16H2;3-6H,1-2H3;1-2H3. The van der Waals surface area contributed by atoms with Crippen LogP contribution < -0.4 is 14.2 Å². The van der Waals surface area contributed by atoms with Crippen molar-refractivity contribution in [2.75, 3.05) is 20.3 Å². The van der Waals surface area contributed by atoms with Gasteiger partial charge in [-0.15, -0.1) is 0 Å². The molecule has 3 aromatic rings. The van der Waals surface area contributed by atoms with Crippen molar-refractivity contribution >= 4 is 18.2 Å². The Kier molecular flexibility index (Phi) is 17.3. The lowest BCUT2D eigenvalue weighted by molar-refractivity contribution is -0.137. The fourth-order valence-electron chi connectivity index (χ4n) is 3.12. The van der Waals surface area contributed by atoms with E-state index < -0.39 is 11.9 Å². The average Bonchev–Trinajstić information content (AvgIpc) is 3.00. The number of esters is 2. The number of aldehydes is 1. The molecule has 0 heterocycles. The smallest absolute Gasteiger partial charge is 0.343 e. The van der Waals surface area contributed by atoms with Crippen LogP contribution in [-0.4, -0.2) is 38.5 Å². The van der Waals surface area contributed by atoms with Crippen LogP contribution in [0.2, 0.25) is 0 Å². The maximum atomic E-state index is 12.2. The number of unbranched alkanes of at least 4 members (excludes halogenated alkanes) is 3. The van der Waals surface area contributed by atoms with E-state index in [1.165, 1.54) is 5.56 Å². The average molecular weight is 549 g/mol. The van der Waals surface area contributed by atoms with E-state index in [1.807, 2.05) is 38.1 Å². The van der Waals surface area contributed by atoms with Crippen molar-refractivity contribution in [3.8, 4) is 17.2 Å². The number of methoxy groups -OCH3 is 1. The summed E-state index contributed by atoms with van der Waals surface area (Å²) in [6.07, 6.45) is 5.51. The molecule has 0 aromatic heterocycles. The predicted molar refractivity (Wildman–Crippen MR) is 157 cm³/mol. The number of carbonyl (C=O) groups is 3. The van der Waals surface area contributed by atoms with Crippen LogP contribution in [0.5, 0.6) is 17.2 Å². The number of benzene rings is 3. The Morgan fingerprint density at radius 3 is 1.85 bits per heavy atom. The molecule has 3 rings (SSSR count). The third-order valence-corrected chi connectivity index (χ3v) is 5.29. The van der Waals surface area contributed by atoms with Crippen molar-refractivity contribution in [3.05, 3.63) is 102 Å². The minimum atomic E-state index is -0.479. The third-order valence-electron chi connectivity index (χ3n) is 5.29. The van der Waals surface area contributed by atoms with Gasteiger partial charge in [0, 0.05) is 11.6 Å². The van der Waals surface area contributed by atoms with Crippen LogP contribution in [0, 0.1) is 6.92 Å². The number of ether oxygens (including phenoxy) is 4. The quantitative estimate of drug-likeness (QED) is 0.0722. The Balaban J connectivity index is 0.000000609. The molecule has 0 amide bonds. The van der Waals surface area contributed by atoms with Crippen LogP contribution in [0.25, 0.3) is 0 Å². The molecule has 0 atom stereocenters. The Bertz CT molecular complexity index is 1130. The van der Waals surface area contributed by atoms with E-state index in [1.54, 1.807) is 55.6 Å². The summed E-state index contributed by atoms with van der Waals surface area (Å²) in [6, 6.07) is 21.0. The van der Waals surface area contributed by atoms with Gasteiger partial charge in [0.25, 0.3) is 0 Å². The number of carbonyl (C=O) groups excluding carboxylic acids is 3. The lowest BCUT2D eigenvalue weighted by Crippen LogP contribution is -2.08. The van der Waals surface area contributed by atoms with Crippen molar-refractivity contribution in [1.29, 1.82) is 0 Å². The highest BCUT2D eigenvalue weighted by Crippen LogP contribution is 2.17. The Morgan fingerprint density at radius 2 is 1.30 bits per heavy atom. The van der Waals surface area contributed by atoms with E-state index in [0.717, 1.165) is 43.8 Å². The zero-order valence-corrected chi connectivity index (χ0v) is 23.9. The molecule has 0 unspecified atom stereocenters. The topological polar surface area (TPSA) is 88.1 Å². The minimum absolute atomic E-state index is 0.375. The monoisotopic (exact) mass is 548 g/mol. The highest BCUT2D eigenvalue weighted by atomic mass is 16.5. The molecule has 0 N–H and O–H groups in total. The summed E-state index contributed by atoms with van der Waals surface area (Å²) in [6.45, 7) is 10.4. The zero-order chi connectivity index (χ0) is 29.6. The molecule has 0 radical (unpaired) electrons. The van der Waals surface area contributed by atoms with Gasteiger partial charge in [-0.05, 0) is 93.3 Å². The van der Waals surface area contributed by atoms with Gasteiger partial charge in [-0.25, -0.2) is 9.59 Å². The third kappa shape index (κ3) is 14.0. The SMILES string of the molecule is C=CC(=O)OCCCCCCOc1ccc(C(=O)Oc2ccc(C=O)cc2)cc1.CC.COc1ccc(C)cc1. The second kappa shape index (κ2) is 20.6. The van der Waals surface area contributed by atoms with Gasteiger partial charge in [-0.2, -0.15) is 0 Å². The highest BCUT2D eigenvalue weighted by Gasteiger charge is 2.09. The largest absolute Gasteiger partial charge is 0.497 e. The van der Waals surface area contributed by atoms with Crippen molar-refractivity contribution in [3.63, 3.8) is 0 Å². The van der Waals surface area contributed by atoms with E-state index in [0.29, 0.717) is 35.8 Å². The van der Waals surface area contributed by atoms with E-state index in [-0.39, 0.29) is 0 Å². The van der Waals surface area contributed by atoms with Gasteiger partial charge in [0.15, 0.2) is 0 Å². The lowest BCUT2D eigenvalue weighted by Gasteiger charge is -2.08. The van der Waals surface area contributed by atoms with Gasteiger partial charge in [0.2, 0.25) is 0 Å². The Hall–Kier alpha value is -4.39. The van der Waals surface area contributed by atoms with E-state index in [4.69, 9.17) is 18.9 Å². The molecular formula is C33H40O7. The van der Waals surface area contributed by atoms with E-state index in [2.05, 4.69) is 13.5 Å². The van der Waals surface area contributed by atoms with Crippen molar-refractivity contribution < 1.29 is 33.3 Å². The molecule has 40 heavy (non-hydrogen) atoms. The normalized spacial score (nSPS) is 9.50. The Morgan fingerprint density at radius 1 is 0.750 bits per heavy atom. The molecule has 0 fully saturated rings. The fourth-order valence-corrected chi connectivity index (χ4v) is 3.12. The molecule has 214 valence electrons. The Labute approximate surface area is 237 Å². The first-order valence-electron chi connectivity index (χ1n) is 13.3. The summed E-state index contributed by atoms with van der Waals surface area (Å²) in [5, 5.41) is 0. The van der Waals surface area contributed by atoms with E-state index >= 15 is 0 Å². The molecular weight excluding hydrogens is 508 g/mol. The summed E-state index contributed by atoms with van der Waals surface area (Å²) in [5.41, 5.74) is 2.18. The first-order valence-corrected chi connectivity index (χ1v) is 13.3. The van der Waals surface area contributed by atoms with Crippen molar-refractivity contribution in [2.24, 2.45) is 0 Å². The van der Waals surface area contributed by atoms with Gasteiger partial charge in [0.05, 0.1) is 25.9 Å². The van der Waals surface area contributed by atoms with Crippen LogP contribution in [0.3, 0.4) is 0 Å². The second-order valence-electron chi connectivity index (χ2n) is 8.25. The lowest BCUT2D eigenvalue weighted by atomic mass is 10.2. The first kappa shape index (κ1) is 33.6. The van der Waals surface area contributed by atoms with Gasteiger partial charge in [-0.1, -0.05) is 38.1 Å². The molecule has 0 aliphatic rings. The zero-order valence-electron chi connectivity index (χ0n) is 23.9. The van der Waals surface area contributed by atoms with Gasteiger partial charge < -0.3 is 18.9 Å². The maximum Gasteiger partial charge on any atom is 0.343 e. The summed E-state index contributed by atoms with van der Waals surface area (Å²) in [7, 11) is 1.67. The van der Waals surface area contributed by atoms with E-state index in [9.17, 15) is 14.4 Å². The summed E-state index contributed by atoms with van der Waals surface area (Å²) < 4.78 is 20.8. The van der Waals surface area contributed by atoms with Gasteiger partial charge in [0.1, 0.15) is 23.5 Å². The number of aryl methyl sites for hydroxylation is 1. The molecule has 0 saturated carbocycles. The number of rotatable bonds is 13. The molecule has 3 aromatic carbocycles. The predicted octanol–water partition coefficient (Wildman–Crippen LogP) is 7.42. The summed E-state index contributed by atoms with van der Waals surface area (Å²) in [4.78, 5) is 33.7. The molecule has 0 bridgehead atoms. The summed E-state index contributed by atoms with van der Waals surface area (Å²) >= 11 is 0. The first-order chi connectivity index (χ1) is 19.4. The van der Waals surface area contributed by atoms with Crippen LogP contribution in [-0.2, 0) is 9.53 Å². The van der Waals surface area contributed by atoms with Crippen LogP contribution in [0.1, 0.15) is 65.8 Å². The minimum Gasteiger partial charge on any atom is -0.497 e. The summed E-state index contributed by atoms with van der Waals surface area (Å²) in [5.74, 6) is 1.10. The molecule has 0 aliphatic carbocycles. The molecule has 0 saturated heterocycles. The van der Waals surface area contributed by atoms with Crippen molar-refractivity contribution in [1.82, 2.24) is 0 Å². The van der Waals surface area contributed by atoms with Crippen LogP contribution in [0.15, 0.2) is 85.5 Å². The maximum absolute atomic E-state index is 12.2. The number of hydrogen-bond donors (Lipinski definition) is 0. The van der Waals surface area contributed by atoms with Crippen LogP contribution >= 0.6 is 0 Å². The fraction of sp³-hybridized carbons (Fsp3) is 0.303. The molecule has 0 spiro atoms. The number of hydrogen-bond acceptors (Lipinski definition) is 7.